The molecule has 6 heteroatoms. The van der Waals surface area contributed by atoms with Gasteiger partial charge >= 0.3 is 5.97 Å². The molecule has 0 saturated heterocycles. The fourth-order valence-corrected chi connectivity index (χ4v) is 7.15. The Morgan fingerprint density at radius 3 is 2.62 bits per heavy atom. The van der Waals surface area contributed by atoms with Gasteiger partial charge in [-0.1, -0.05) is 11.6 Å². The molecule has 2 N–H and O–H groups in total. The fraction of sp³-hybridized carbons (Fsp3) is 0.565. The van der Waals surface area contributed by atoms with E-state index in [9.17, 15) is 9.59 Å². The van der Waals surface area contributed by atoms with Gasteiger partial charge in [0.2, 0.25) is 5.91 Å². The molecule has 2 aromatic rings. The van der Waals surface area contributed by atoms with E-state index in [1.54, 1.807) is 6.92 Å². The van der Waals surface area contributed by atoms with Gasteiger partial charge in [-0.15, -0.1) is 11.6 Å². The zero-order valence-corrected chi connectivity index (χ0v) is 17.7. The van der Waals surface area contributed by atoms with Crippen LogP contribution in [0.1, 0.15) is 61.5 Å². The molecular formula is C23H27ClN2O3. The number of aromatic amines is 1. The first-order valence-electron chi connectivity index (χ1n) is 10.6. The topological polar surface area (TPSA) is 71.2 Å². The molecule has 4 aliphatic carbocycles. The monoisotopic (exact) mass is 414 g/mol. The minimum absolute atomic E-state index is 0.00424. The van der Waals surface area contributed by atoms with Gasteiger partial charge in [0.25, 0.3) is 0 Å². The second kappa shape index (κ2) is 6.49. The Labute approximate surface area is 175 Å². The van der Waals surface area contributed by atoms with E-state index in [1.165, 1.54) is 6.42 Å². The van der Waals surface area contributed by atoms with E-state index in [0.29, 0.717) is 23.2 Å². The average Bonchev–Trinajstić information content (AvgIpc) is 2.98. The lowest BCUT2D eigenvalue weighted by molar-refractivity contribution is -0.138. The molecule has 6 rings (SSSR count). The molecule has 4 bridgehead atoms. The summed E-state index contributed by atoms with van der Waals surface area (Å²) in [7, 11) is 0. The van der Waals surface area contributed by atoms with Crippen LogP contribution in [0.15, 0.2) is 18.2 Å². The number of amides is 1. The number of ether oxygens (including phenoxy) is 1. The maximum absolute atomic E-state index is 13.6. The van der Waals surface area contributed by atoms with Gasteiger partial charge in [0, 0.05) is 15.8 Å². The van der Waals surface area contributed by atoms with Crippen molar-refractivity contribution in [1.82, 2.24) is 4.98 Å². The molecule has 0 spiro atoms. The number of nitrogens with one attached hydrogen (secondary N) is 2. The lowest BCUT2D eigenvalue weighted by Gasteiger charge is -2.59. The Kier molecular flexibility index (Phi) is 4.25. The molecule has 1 heterocycles. The number of rotatable bonds is 4. The number of H-pyrrole nitrogens is 1. The minimum atomic E-state index is -0.448. The van der Waals surface area contributed by atoms with Crippen LogP contribution < -0.4 is 5.32 Å². The van der Waals surface area contributed by atoms with Crippen LogP contribution in [0, 0.1) is 24.2 Å². The van der Waals surface area contributed by atoms with Gasteiger partial charge in [-0.25, -0.2) is 4.79 Å². The first kappa shape index (κ1) is 19.0. The van der Waals surface area contributed by atoms with Crippen molar-refractivity contribution in [1.29, 1.82) is 0 Å². The normalized spacial score (nSPS) is 32.5. The van der Waals surface area contributed by atoms with E-state index in [4.69, 9.17) is 16.3 Å². The van der Waals surface area contributed by atoms with Crippen LogP contribution in [0.3, 0.4) is 0 Å². The number of aromatic nitrogens is 1. The van der Waals surface area contributed by atoms with E-state index < -0.39 is 11.4 Å². The Morgan fingerprint density at radius 2 is 1.97 bits per heavy atom. The average molecular weight is 415 g/mol. The summed E-state index contributed by atoms with van der Waals surface area (Å²) < 4.78 is 5.23. The summed E-state index contributed by atoms with van der Waals surface area (Å²) in [6, 6.07) is 5.91. The van der Waals surface area contributed by atoms with Gasteiger partial charge < -0.3 is 15.0 Å². The number of benzene rings is 1. The smallest absolute Gasteiger partial charge is 0.356 e. The molecule has 0 aliphatic heterocycles. The highest BCUT2D eigenvalue weighted by Gasteiger charge is 2.60. The number of carbonyl (C=O) groups excluding carboxylic acids is 2. The number of hydrogen-bond acceptors (Lipinski definition) is 3. The third-order valence-electron chi connectivity index (χ3n) is 7.14. The molecule has 1 aromatic heterocycles. The molecule has 2 atom stereocenters. The summed E-state index contributed by atoms with van der Waals surface area (Å²) >= 11 is 6.92. The third kappa shape index (κ3) is 3.05. The van der Waals surface area contributed by atoms with Crippen molar-refractivity contribution in [2.45, 2.75) is 57.2 Å². The molecular weight excluding hydrogens is 388 g/mol. The first-order chi connectivity index (χ1) is 13.8. The molecule has 29 heavy (non-hydrogen) atoms. The van der Waals surface area contributed by atoms with Gasteiger partial charge in [0.05, 0.1) is 17.7 Å². The number of aryl methyl sites for hydroxylation is 1. The van der Waals surface area contributed by atoms with Crippen molar-refractivity contribution >= 4 is 40.1 Å². The predicted octanol–water partition coefficient (Wildman–Crippen LogP) is 5.17. The second-order valence-electron chi connectivity index (χ2n) is 9.49. The van der Waals surface area contributed by atoms with Crippen molar-refractivity contribution in [2.24, 2.45) is 17.3 Å². The van der Waals surface area contributed by atoms with Crippen LogP contribution in [-0.2, 0) is 9.53 Å². The van der Waals surface area contributed by atoms with E-state index in [-0.39, 0.29) is 17.4 Å². The summed E-state index contributed by atoms with van der Waals surface area (Å²) in [5, 5.41) is 3.98. The molecule has 4 fully saturated rings. The molecule has 4 aliphatic rings. The van der Waals surface area contributed by atoms with Crippen molar-refractivity contribution < 1.29 is 14.3 Å². The van der Waals surface area contributed by atoms with Gasteiger partial charge in [0.15, 0.2) is 0 Å². The molecule has 5 nitrogen and oxygen atoms in total. The number of fused-ring (bicyclic) bond motifs is 1. The van der Waals surface area contributed by atoms with Crippen LogP contribution in [0.4, 0.5) is 5.69 Å². The van der Waals surface area contributed by atoms with Gasteiger partial charge in [-0.05, 0) is 76.3 Å². The molecule has 4 saturated carbocycles. The van der Waals surface area contributed by atoms with Crippen molar-refractivity contribution in [3.8, 4) is 0 Å². The quantitative estimate of drug-likeness (QED) is 0.535. The standard InChI is InChI=1S/C23H27ClN2O3/c1-3-29-20(27)19-18(16-6-13(2)4-5-17(16)25-19)26-21(28)22-8-14-7-15(9-22)11-23(24,10-14)12-22/h4-6,14-15,25H,3,7-12H2,1-2H3,(H,26,28). The molecule has 2 unspecified atom stereocenters. The number of halogens is 1. The van der Waals surface area contributed by atoms with Gasteiger partial charge in [-0.2, -0.15) is 0 Å². The number of esters is 1. The second-order valence-corrected chi connectivity index (χ2v) is 10.3. The predicted molar refractivity (Wildman–Crippen MR) is 113 cm³/mol. The zero-order chi connectivity index (χ0) is 20.4. The minimum Gasteiger partial charge on any atom is -0.461 e. The summed E-state index contributed by atoms with van der Waals surface area (Å²) in [5.41, 5.74) is 2.30. The highest BCUT2D eigenvalue weighted by molar-refractivity contribution is 6.24. The largest absolute Gasteiger partial charge is 0.461 e. The Bertz CT molecular complexity index is 997. The molecule has 0 radical (unpaired) electrons. The van der Waals surface area contributed by atoms with E-state index >= 15 is 0 Å². The summed E-state index contributed by atoms with van der Waals surface area (Å²) in [4.78, 5) is 29.1. The number of hydrogen-bond donors (Lipinski definition) is 2. The van der Waals surface area contributed by atoms with Crippen LogP contribution in [0.5, 0.6) is 0 Å². The van der Waals surface area contributed by atoms with Crippen molar-refractivity contribution in [3.63, 3.8) is 0 Å². The maximum Gasteiger partial charge on any atom is 0.356 e. The van der Waals surface area contributed by atoms with Crippen molar-refractivity contribution in [2.75, 3.05) is 11.9 Å². The summed E-state index contributed by atoms with van der Waals surface area (Å²) in [6.45, 7) is 4.05. The van der Waals surface area contributed by atoms with Crippen LogP contribution >= 0.6 is 11.6 Å². The van der Waals surface area contributed by atoms with Crippen LogP contribution in [-0.4, -0.2) is 28.3 Å². The van der Waals surface area contributed by atoms with E-state index in [1.807, 2.05) is 25.1 Å². The Morgan fingerprint density at radius 1 is 1.24 bits per heavy atom. The molecule has 154 valence electrons. The lowest BCUT2D eigenvalue weighted by atomic mass is 9.49. The molecule has 1 amide bonds. The summed E-state index contributed by atoms with van der Waals surface area (Å²) in [6.07, 6.45) is 5.79. The van der Waals surface area contributed by atoms with Crippen molar-refractivity contribution in [3.05, 3.63) is 29.5 Å². The SMILES string of the molecule is CCOC(=O)c1[nH]c2ccc(C)cc2c1NC(=O)C12CC3CC(CC(Cl)(C3)C1)C2. The third-order valence-corrected chi connectivity index (χ3v) is 7.59. The fourth-order valence-electron chi connectivity index (χ4n) is 6.45. The van der Waals surface area contributed by atoms with E-state index in [2.05, 4.69) is 10.3 Å². The summed E-state index contributed by atoms with van der Waals surface area (Å²) in [5.74, 6) is 0.629. The molecule has 1 aromatic carbocycles. The van der Waals surface area contributed by atoms with Gasteiger partial charge in [0.1, 0.15) is 5.69 Å². The number of anilines is 1. The first-order valence-corrected chi connectivity index (χ1v) is 11.0. The highest BCUT2D eigenvalue weighted by atomic mass is 35.5. The van der Waals surface area contributed by atoms with E-state index in [0.717, 1.165) is 48.6 Å². The van der Waals surface area contributed by atoms with Crippen LogP contribution in [0.25, 0.3) is 10.9 Å². The maximum atomic E-state index is 13.6. The Hall–Kier alpha value is -2.01. The lowest BCUT2D eigenvalue weighted by Crippen LogP contribution is -2.57. The number of alkyl halides is 1. The highest BCUT2D eigenvalue weighted by Crippen LogP contribution is 2.64. The number of carbonyl (C=O) groups is 2. The Balaban J connectivity index is 1.53. The van der Waals surface area contributed by atoms with Gasteiger partial charge in [-0.3, -0.25) is 4.79 Å². The van der Waals surface area contributed by atoms with Crippen LogP contribution in [0.2, 0.25) is 0 Å². The zero-order valence-electron chi connectivity index (χ0n) is 16.9.